The van der Waals surface area contributed by atoms with Crippen molar-refractivity contribution in [2.75, 3.05) is 6.61 Å². The fourth-order valence-electron chi connectivity index (χ4n) is 1.31. The number of ether oxygens (including phenoxy) is 2. The van der Waals surface area contributed by atoms with E-state index >= 15 is 0 Å². The normalized spacial score (nSPS) is 13.4. The van der Waals surface area contributed by atoms with Gasteiger partial charge >= 0.3 is 6.61 Å². The number of hydrogen-bond acceptors (Lipinski definition) is 5. The van der Waals surface area contributed by atoms with E-state index in [0.717, 1.165) is 18.2 Å². The van der Waals surface area contributed by atoms with Gasteiger partial charge in [0.2, 0.25) is 5.44 Å². The molecule has 0 radical (unpaired) electrons. The van der Waals surface area contributed by atoms with Crippen LogP contribution in [-0.2, 0) is 10.1 Å². The number of alkyl halides is 2. The maximum absolute atomic E-state index is 12.1. The van der Waals surface area contributed by atoms with Gasteiger partial charge in [0.15, 0.2) is 11.5 Å². The van der Waals surface area contributed by atoms with Gasteiger partial charge in [-0.1, -0.05) is 6.07 Å². The molecule has 19 heavy (non-hydrogen) atoms. The number of benzene rings is 1. The van der Waals surface area contributed by atoms with Gasteiger partial charge in [0.25, 0.3) is 10.1 Å². The summed E-state index contributed by atoms with van der Waals surface area (Å²) in [6, 6.07) is 3.04. The van der Waals surface area contributed by atoms with Crippen LogP contribution in [0.5, 0.6) is 11.5 Å². The van der Waals surface area contributed by atoms with Gasteiger partial charge in [-0.25, -0.2) is 0 Å². The van der Waals surface area contributed by atoms with E-state index in [2.05, 4.69) is 4.74 Å². The average Bonchev–Trinajstić information content (AvgIpc) is 2.29. The fourth-order valence-corrected chi connectivity index (χ4v) is 1.80. The Kier molecular flexibility index (Phi) is 5.04. The van der Waals surface area contributed by atoms with Crippen LogP contribution >= 0.6 is 0 Å². The summed E-state index contributed by atoms with van der Waals surface area (Å²) in [5.41, 5.74) is -2.42. The zero-order valence-electron chi connectivity index (χ0n) is 9.79. The van der Waals surface area contributed by atoms with Gasteiger partial charge in [0, 0.05) is 5.56 Å². The molecule has 1 atom stereocenters. The first-order valence-corrected chi connectivity index (χ1v) is 6.62. The lowest BCUT2D eigenvalue weighted by Crippen LogP contribution is -2.12. The molecule has 0 aliphatic rings. The highest BCUT2D eigenvalue weighted by atomic mass is 32.2. The minimum Gasteiger partial charge on any atom is -0.490 e. The van der Waals surface area contributed by atoms with Crippen LogP contribution in [0.3, 0.4) is 0 Å². The van der Waals surface area contributed by atoms with Gasteiger partial charge in [0.1, 0.15) is 0 Å². The number of hydrogen-bond donors (Lipinski definition) is 2. The predicted octanol–water partition coefficient (Wildman–Crippen LogP) is 1.57. The monoisotopic (exact) mass is 298 g/mol. The van der Waals surface area contributed by atoms with Crippen LogP contribution in [0.1, 0.15) is 17.9 Å². The van der Waals surface area contributed by atoms with Crippen molar-refractivity contribution in [2.45, 2.75) is 19.0 Å². The first-order chi connectivity index (χ1) is 8.75. The summed E-state index contributed by atoms with van der Waals surface area (Å²) in [6.45, 7) is -1.38. The van der Waals surface area contributed by atoms with Crippen molar-refractivity contribution in [3.8, 4) is 11.5 Å². The second kappa shape index (κ2) is 6.13. The first kappa shape index (κ1) is 15.6. The van der Waals surface area contributed by atoms with Crippen LogP contribution in [0.4, 0.5) is 8.78 Å². The Hall–Kier alpha value is -1.45. The molecular weight excluding hydrogens is 286 g/mol. The molecule has 1 unspecified atom stereocenters. The lowest BCUT2D eigenvalue weighted by Gasteiger charge is -2.14. The van der Waals surface area contributed by atoms with E-state index in [9.17, 15) is 22.3 Å². The van der Waals surface area contributed by atoms with Crippen molar-refractivity contribution < 1.29 is 36.3 Å². The minimum atomic E-state index is -4.71. The van der Waals surface area contributed by atoms with Crippen molar-refractivity contribution in [2.24, 2.45) is 0 Å². The third kappa shape index (κ3) is 4.30. The molecule has 0 aromatic heterocycles. The maximum atomic E-state index is 12.1. The zero-order valence-corrected chi connectivity index (χ0v) is 10.6. The molecule has 1 rings (SSSR count). The predicted molar refractivity (Wildman–Crippen MR) is 60.8 cm³/mol. The van der Waals surface area contributed by atoms with Crippen LogP contribution in [0, 0.1) is 0 Å². The summed E-state index contributed by atoms with van der Waals surface area (Å²) in [5, 5.41) is 9.34. The SMILES string of the molecule is CCOc1cc(C(O)S(=O)(=O)O)ccc1OC(F)F. The Balaban J connectivity index is 3.15. The van der Waals surface area contributed by atoms with Crippen molar-refractivity contribution >= 4 is 10.1 Å². The molecule has 0 saturated carbocycles. The molecule has 0 aliphatic heterocycles. The molecule has 9 heteroatoms. The van der Waals surface area contributed by atoms with Crippen LogP contribution in [0.15, 0.2) is 18.2 Å². The van der Waals surface area contributed by atoms with E-state index in [0.29, 0.717) is 0 Å². The molecule has 1 aromatic carbocycles. The van der Waals surface area contributed by atoms with Crippen molar-refractivity contribution in [1.29, 1.82) is 0 Å². The summed E-state index contributed by atoms with van der Waals surface area (Å²) in [6.07, 6.45) is 0. The van der Waals surface area contributed by atoms with Gasteiger partial charge in [-0.2, -0.15) is 17.2 Å². The van der Waals surface area contributed by atoms with Gasteiger partial charge < -0.3 is 14.6 Å². The Bertz CT molecular complexity index is 531. The fraction of sp³-hybridized carbons (Fsp3) is 0.400. The van der Waals surface area contributed by atoms with Crippen LogP contribution < -0.4 is 9.47 Å². The molecule has 0 spiro atoms. The molecule has 0 amide bonds. The Morgan fingerprint density at radius 1 is 1.32 bits per heavy atom. The third-order valence-electron chi connectivity index (χ3n) is 2.05. The Morgan fingerprint density at radius 3 is 2.42 bits per heavy atom. The molecule has 0 aliphatic carbocycles. The maximum Gasteiger partial charge on any atom is 0.387 e. The molecule has 2 N–H and O–H groups in total. The van der Waals surface area contributed by atoms with Crippen LogP contribution in [0.25, 0.3) is 0 Å². The Morgan fingerprint density at radius 2 is 1.95 bits per heavy atom. The molecule has 6 nitrogen and oxygen atoms in total. The second-order valence-corrected chi connectivity index (χ2v) is 4.86. The smallest absolute Gasteiger partial charge is 0.387 e. The quantitative estimate of drug-likeness (QED) is 0.774. The summed E-state index contributed by atoms with van der Waals surface area (Å²) in [7, 11) is -4.71. The number of rotatable bonds is 6. The van der Waals surface area contributed by atoms with Gasteiger partial charge in [-0.05, 0) is 19.1 Å². The number of halogens is 2. The first-order valence-electron chi connectivity index (χ1n) is 5.11. The number of aliphatic hydroxyl groups excluding tert-OH is 1. The molecule has 0 saturated heterocycles. The molecule has 0 heterocycles. The van der Waals surface area contributed by atoms with E-state index in [4.69, 9.17) is 9.29 Å². The summed E-state index contributed by atoms with van der Waals surface area (Å²) in [5.74, 6) is -0.467. The highest BCUT2D eigenvalue weighted by Crippen LogP contribution is 2.32. The van der Waals surface area contributed by atoms with Crippen molar-refractivity contribution in [3.63, 3.8) is 0 Å². The second-order valence-electron chi connectivity index (χ2n) is 3.39. The Labute approximate surface area is 108 Å². The topological polar surface area (TPSA) is 93.1 Å². The molecular formula is C10H12F2O6S. The zero-order chi connectivity index (χ0) is 14.6. The van der Waals surface area contributed by atoms with Crippen molar-refractivity contribution in [3.05, 3.63) is 23.8 Å². The minimum absolute atomic E-state index is 0.116. The molecule has 1 aromatic rings. The third-order valence-corrected chi connectivity index (χ3v) is 2.89. The largest absolute Gasteiger partial charge is 0.490 e. The highest BCUT2D eigenvalue weighted by Gasteiger charge is 2.23. The summed E-state index contributed by atoms with van der Waals surface area (Å²) < 4.78 is 63.7. The van der Waals surface area contributed by atoms with Gasteiger partial charge in [-0.15, -0.1) is 0 Å². The van der Waals surface area contributed by atoms with E-state index in [1.165, 1.54) is 0 Å². The van der Waals surface area contributed by atoms with E-state index in [1.54, 1.807) is 6.92 Å². The van der Waals surface area contributed by atoms with Gasteiger partial charge in [-0.3, -0.25) is 4.55 Å². The van der Waals surface area contributed by atoms with Gasteiger partial charge in [0.05, 0.1) is 6.61 Å². The summed E-state index contributed by atoms with van der Waals surface area (Å²) >= 11 is 0. The van der Waals surface area contributed by atoms with Crippen LogP contribution in [-0.4, -0.2) is 31.3 Å². The van der Waals surface area contributed by atoms with E-state index in [1.807, 2.05) is 0 Å². The molecule has 108 valence electrons. The van der Waals surface area contributed by atoms with E-state index < -0.39 is 22.2 Å². The van der Waals surface area contributed by atoms with Crippen LogP contribution in [0.2, 0.25) is 0 Å². The lowest BCUT2D eigenvalue weighted by atomic mass is 10.2. The number of aliphatic hydroxyl groups is 1. The standard InChI is InChI=1S/C10H12F2O6S/c1-2-17-8-5-6(9(13)19(14,15)16)3-4-7(8)18-10(11)12/h3-5,9-10,13H,2H2,1H3,(H,14,15,16). The van der Waals surface area contributed by atoms with E-state index in [-0.39, 0.29) is 23.7 Å². The average molecular weight is 298 g/mol. The summed E-state index contributed by atoms with van der Waals surface area (Å²) in [4.78, 5) is 0. The molecule has 0 bridgehead atoms. The van der Waals surface area contributed by atoms with Crippen molar-refractivity contribution in [1.82, 2.24) is 0 Å². The highest BCUT2D eigenvalue weighted by molar-refractivity contribution is 7.85. The molecule has 0 fully saturated rings. The lowest BCUT2D eigenvalue weighted by molar-refractivity contribution is -0.0514.